The monoisotopic (exact) mass is 398 g/mol. The Kier molecular flexibility index (Phi) is 8.32. The lowest BCUT2D eigenvalue weighted by atomic mass is 9.74. The van der Waals surface area contributed by atoms with E-state index in [1.54, 1.807) is 25.7 Å². The zero-order valence-corrected chi connectivity index (χ0v) is 18.8. The number of esters is 1. The van der Waals surface area contributed by atoms with Crippen molar-refractivity contribution in [1.29, 1.82) is 0 Å². The van der Waals surface area contributed by atoms with Crippen LogP contribution in [0.15, 0.2) is 0 Å². The molecule has 0 spiro atoms. The summed E-state index contributed by atoms with van der Waals surface area (Å²) in [5.74, 6) is -0.826. The first-order valence-electron chi connectivity index (χ1n) is 10.2. The van der Waals surface area contributed by atoms with Crippen molar-refractivity contribution in [3.63, 3.8) is 0 Å². The number of nitrogens with one attached hydrogen (secondary N) is 1. The highest BCUT2D eigenvalue weighted by Crippen LogP contribution is 2.34. The third kappa shape index (κ3) is 7.32. The zero-order valence-electron chi connectivity index (χ0n) is 18.8. The highest BCUT2D eigenvalue weighted by molar-refractivity contribution is 5.83. The van der Waals surface area contributed by atoms with Crippen molar-refractivity contribution in [1.82, 2.24) is 10.2 Å². The van der Waals surface area contributed by atoms with Gasteiger partial charge in [0.2, 0.25) is 5.91 Å². The van der Waals surface area contributed by atoms with Crippen LogP contribution in [0.4, 0.5) is 4.79 Å². The minimum atomic E-state index is -0.664. The van der Waals surface area contributed by atoms with Crippen molar-refractivity contribution in [2.45, 2.75) is 79.9 Å². The standard InChI is InChI=1S/C21H38N2O5/c1-14(2)27-17(24)15(3)12-22-18(25)21(7,8)16-10-9-11-23(13-16)19(26)28-20(4,5)6/h14-16H,9-13H2,1-8H3,(H,22,25)/t15-,16-/m1/s1. The Hall–Kier alpha value is -1.79. The predicted molar refractivity (Wildman–Crippen MR) is 108 cm³/mol. The fourth-order valence-corrected chi connectivity index (χ4v) is 3.15. The van der Waals surface area contributed by atoms with Crippen LogP contribution in [-0.2, 0) is 19.1 Å². The van der Waals surface area contributed by atoms with E-state index in [4.69, 9.17) is 9.47 Å². The van der Waals surface area contributed by atoms with Crippen LogP contribution in [0.25, 0.3) is 0 Å². The average molecular weight is 399 g/mol. The van der Waals surface area contributed by atoms with Gasteiger partial charge >= 0.3 is 12.1 Å². The third-order valence-corrected chi connectivity index (χ3v) is 5.00. The third-order valence-electron chi connectivity index (χ3n) is 5.00. The molecule has 2 atom stereocenters. The van der Waals surface area contributed by atoms with Crippen LogP contribution in [0.2, 0.25) is 0 Å². The van der Waals surface area contributed by atoms with Gasteiger partial charge in [0.1, 0.15) is 5.60 Å². The molecule has 1 heterocycles. The van der Waals surface area contributed by atoms with E-state index in [1.807, 2.05) is 34.6 Å². The highest BCUT2D eigenvalue weighted by Gasteiger charge is 2.40. The van der Waals surface area contributed by atoms with E-state index in [1.165, 1.54) is 0 Å². The van der Waals surface area contributed by atoms with Gasteiger partial charge in [0, 0.05) is 25.0 Å². The lowest BCUT2D eigenvalue weighted by molar-refractivity contribution is -0.151. The molecule has 1 saturated heterocycles. The van der Waals surface area contributed by atoms with E-state index in [2.05, 4.69) is 5.32 Å². The molecule has 1 aliphatic heterocycles. The number of likely N-dealkylation sites (tertiary alicyclic amines) is 1. The first kappa shape index (κ1) is 24.2. The molecule has 28 heavy (non-hydrogen) atoms. The number of hydrogen-bond acceptors (Lipinski definition) is 5. The summed E-state index contributed by atoms with van der Waals surface area (Å²) < 4.78 is 10.6. The van der Waals surface area contributed by atoms with Crippen LogP contribution >= 0.6 is 0 Å². The second kappa shape index (κ2) is 9.61. The molecule has 0 unspecified atom stereocenters. The number of carbonyl (C=O) groups is 3. The molecule has 0 aromatic carbocycles. The number of piperidine rings is 1. The van der Waals surface area contributed by atoms with Crippen molar-refractivity contribution >= 4 is 18.0 Å². The number of carbonyl (C=O) groups excluding carboxylic acids is 3. The molecule has 1 N–H and O–H groups in total. The van der Waals surface area contributed by atoms with Crippen molar-refractivity contribution in [3.8, 4) is 0 Å². The lowest BCUT2D eigenvalue weighted by Crippen LogP contribution is -2.51. The molecule has 0 aromatic rings. The van der Waals surface area contributed by atoms with Crippen LogP contribution in [0.5, 0.6) is 0 Å². The molecular formula is C21H38N2O5. The zero-order chi connectivity index (χ0) is 21.7. The first-order chi connectivity index (χ1) is 12.7. The second-order valence-electron chi connectivity index (χ2n) is 9.58. The van der Waals surface area contributed by atoms with Gasteiger partial charge < -0.3 is 19.7 Å². The van der Waals surface area contributed by atoms with E-state index in [0.29, 0.717) is 13.1 Å². The Morgan fingerprint density at radius 3 is 2.25 bits per heavy atom. The van der Waals surface area contributed by atoms with Crippen LogP contribution in [-0.4, -0.2) is 54.2 Å². The van der Waals surface area contributed by atoms with Gasteiger partial charge in [-0.3, -0.25) is 9.59 Å². The van der Waals surface area contributed by atoms with Crippen molar-refractivity contribution in [2.75, 3.05) is 19.6 Å². The summed E-state index contributed by atoms with van der Waals surface area (Å²) in [5.41, 5.74) is -1.21. The largest absolute Gasteiger partial charge is 0.463 e. The van der Waals surface area contributed by atoms with Crippen molar-refractivity contribution < 1.29 is 23.9 Å². The van der Waals surface area contributed by atoms with Crippen LogP contribution in [0, 0.1) is 17.3 Å². The Balaban J connectivity index is 2.65. The molecule has 1 aliphatic rings. The molecule has 7 heteroatoms. The molecule has 0 saturated carbocycles. The molecule has 7 nitrogen and oxygen atoms in total. The summed E-state index contributed by atoms with van der Waals surface area (Å²) in [6, 6.07) is 0. The summed E-state index contributed by atoms with van der Waals surface area (Å²) in [7, 11) is 0. The van der Waals surface area contributed by atoms with Crippen LogP contribution in [0.1, 0.15) is 68.2 Å². The SMILES string of the molecule is CC(C)OC(=O)[C@H](C)CNC(=O)C(C)(C)[C@@H]1CCCN(C(=O)OC(C)(C)C)C1. The molecule has 1 fully saturated rings. The summed E-state index contributed by atoms with van der Waals surface area (Å²) >= 11 is 0. The quantitative estimate of drug-likeness (QED) is 0.694. The van der Waals surface area contributed by atoms with Crippen molar-refractivity contribution in [2.24, 2.45) is 17.3 Å². The normalized spacial score (nSPS) is 19.2. The smallest absolute Gasteiger partial charge is 0.410 e. The van der Waals surface area contributed by atoms with Gasteiger partial charge in [-0.1, -0.05) is 20.8 Å². The van der Waals surface area contributed by atoms with E-state index >= 15 is 0 Å². The van der Waals surface area contributed by atoms with E-state index in [9.17, 15) is 14.4 Å². The topological polar surface area (TPSA) is 84.9 Å². The lowest BCUT2D eigenvalue weighted by Gasteiger charge is -2.40. The van der Waals surface area contributed by atoms with Crippen molar-refractivity contribution in [3.05, 3.63) is 0 Å². The highest BCUT2D eigenvalue weighted by atomic mass is 16.6. The van der Waals surface area contributed by atoms with Gasteiger partial charge in [0.15, 0.2) is 0 Å². The van der Waals surface area contributed by atoms with E-state index in [0.717, 1.165) is 12.8 Å². The average Bonchev–Trinajstić information content (AvgIpc) is 2.57. The Labute approximate surface area is 169 Å². The molecule has 0 bridgehead atoms. The summed E-state index contributed by atoms with van der Waals surface area (Å²) in [5, 5.41) is 2.88. The van der Waals surface area contributed by atoms with Gasteiger partial charge in [0.05, 0.1) is 12.0 Å². The maximum atomic E-state index is 12.8. The molecule has 0 aromatic heterocycles. The van der Waals surface area contributed by atoms with Crippen LogP contribution < -0.4 is 5.32 Å². The molecule has 1 rings (SSSR count). The predicted octanol–water partition coefficient (Wildman–Crippen LogP) is 3.36. The first-order valence-corrected chi connectivity index (χ1v) is 10.2. The number of hydrogen-bond donors (Lipinski definition) is 1. The molecule has 162 valence electrons. The minimum Gasteiger partial charge on any atom is -0.463 e. The van der Waals surface area contributed by atoms with E-state index < -0.39 is 16.9 Å². The number of nitrogens with zero attached hydrogens (tertiary/aromatic N) is 1. The maximum absolute atomic E-state index is 12.8. The number of amides is 2. The number of rotatable bonds is 6. The fourth-order valence-electron chi connectivity index (χ4n) is 3.15. The summed E-state index contributed by atoms with van der Waals surface area (Å²) in [6.07, 6.45) is 1.18. The van der Waals surface area contributed by atoms with Gasteiger partial charge in [-0.25, -0.2) is 4.79 Å². The van der Waals surface area contributed by atoms with Gasteiger partial charge in [0.25, 0.3) is 0 Å². The maximum Gasteiger partial charge on any atom is 0.410 e. The molecule has 0 aliphatic carbocycles. The van der Waals surface area contributed by atoms with Gasteiger partial charge in [-0.2, -0.15) is 0 Å². The Morgan fingerprint density at radius 1 is 1.11 bits per heavy atom. The Morgan fingerprint density at radius 2 is 1.71 bits per heavy atom. The minimum absolute atomic E-state index is 0.0201. The van der Waals surface area contributed by atoms with Gasteiger partial charge in [-0.05, 0) is 53.4 Å². The van der Waals surface area contributed by atoms with Gasteiger partial charge in [-0.15, -0.1) is 0 Å². The summed E-state index contributed by atoms with van der Waals surface area (Å²) in [4.78, 5) is 38.8. The summed E-state index contributed by atoms with van der Waals surface area (Å²) in [6.45, 7) is 16.0. The van der Waals surface area contributed by atoms with Crippen LogP contribution in [0.3, 0.4) is 0 Å². The molecular weight excluding hydrogens is 360 g/mol. The molecule has 0 radical (unpaired) electrons. The molecule has 2 amide bonds. The fraction of sp³-hybridized carbons (Fsp3) is 0.857. The number of ether oxygens (including phenoxy) is 2. The van der Waals surface area contributed by atoms with E-state index in [-0.39, 0.29) is 36.5 Å². The Bertz CT molecular complexity index is 566. The second-order valence-corrected chi connectivity index (χ2v) is 9.58.